The van der Waals surface area contributed by atoms with Gasteiger partial charge < -0.3 is 19.3 Å². The fourth-order valence-corrected chi connectivity index (χ4v) is 2.71. The van der Waals surface area contributed by atoms with Gasteiger partial charge in [0.25, 0.3) is 0 Å². The summed E-state index contributed by atoms with van der Waals surface area (Å²) in [7, 11) is 0. The Labute approximate surface area is 138 Å². The highest BCUT2D eigenvalue weighted by Gasteiger charge is 2.15. The van der Waals surface area contributed by atoms with E-state index in [1.165, 1.54) is 0 Å². The summed E-state index contributed by atoms with van der Waals surface area (Å²) in [5.41, 5.74) is 3.07. The molecule has 0 saturated heterocycles. The molecule has 1 aromatic heterocycles. The van der Waals surface area contributed by atoms with Crippen molar-refractivity contribution < 1.29 is 18.8 Å². The number of nitrogens with one attached hydrogen (secondary N) is 1. The van der Waals surface area contributed by atoms with E-state index in [-0.39, 0.29) is 12.3 Å². The van der Waals surface area contributed by atoms with Gasteiger partial charge in [0.15, 0.2) is 17.1 Å². The minimum absolute atomic E-state index is 0.144. The predicted octanol–water partition coefficient (Wildman–Crippen LogP) is 3.09. The molecule has 1 aliphatic heterocycles. The fraction of sp³-hybridized carbons (Fsp3) is 0.222. The van der Waals surface area contributed by atoms with E-state index in [4.69, 9.17) is 14.0 Å². The van der Waals surface area contributed by atoms with E-state index in [9.17, 15) is 4.79 Å². The van der Waals surface area contributed by atoms with Crippen LogP contribution in [-0.4, -0.2) is 24.3 Å². The van der Waals surface area contributed by atoms with E-state index in [2.05, 4.69) is 10.5 Å². The minimum Gasteiger partial charge on any atom is -0.486 e. The van der Waals surface area contributed by atoms with Gasteiger partial charge in [-0.15, -0.1) is 0 Å². The molecule has 0 aliphatic carbocycles. The largest absolute Gasteiger partial charge is 0.486 e. The predicted molar refractivity (Wildman–Crippen MR) is 88.5 cm³/mol. The summed E-state index contributed by atoms with van der Waals surface area (Å²) >= 11 is 0. The van der Waals surface area contributed by atoms with Crippen LogP contribution in [0.15, 0.2) is 40.9 Å². The van der Waals surface area contributed by atoms with Gasteiger partial charge in [-0.25, -0.2) is 0 Å². The van der Waals surface area contributed by atoms with Gasteiger partial charge >= 0.3 is 0 Å². The van der Waals surface area contributed by atoms with Crippen LogP contribution in [0, 0.1) is 6.92 Å². The molecule has 2 aromatic carbocycles. The number of rotatable bonds is 3. The molecule has 1 amide bonds. The third-order valence-electron chi connectivity index (χ3n) is 3.85. The Morgan fingerprint density at radius 1 is 1.12 bits per heavy atom. The number of hydrogen-bond acceptors (Lipinski definition) is 5. The quantitative estimate of drug-likeness (QED) is 0.801. The zero-order valence-corrected chi connectivity index (χ0v) is 13.2. The molecule has 1 aliphatic rings. The summed E-state index contributed by atoms with van der Waals surface area (Å²) in [5, 5.41) is 7.73. The molecule has 122 valence electrons. The van der Waals surface area contributed by atoms with Crippen molar-refractivity contribution in [3.05, 3.63) is 47.7 Å². The van der Waals surface area contributed by atoms with Crippen molar-refractivity contribution in [2.45, 2.75) is 13.3 Å². The van der Waals surface area contributed by atoms with Crippen molar-refractivity contribution in [1.82, 2.24) is 5.16 Å². The maximum atomic E-state index is 12.3. The molecule has 0 bridgehead atoms. The Kier molecular flexibility index (Phi) is 3.57. The summed E-state index contributed by atoms with van der Waals surface area (Å²) < 4.78 is 16.2. The average molecular weight is 324 g/mol. The lowest BCUT2D eigenvalue weighted by Gasteiger charge is -2.18. The second kappa shape index (κ2) is 5.88. The van der Waals surface area contributed by atoms with Gasteiger partial charge in [-0.2, -0.15) is 0 Å². The third-order valence-corrected chi connectivity index (χ3v) is 3.85. The number of anilines is 1. The van der Waals surface area contributed by atoms with Crippen LogP contribution >= 0.6 is 0 Å². The molecule has 3 aromatic rings. The van der Waals surface area contributed by atoms with E-state index < -0.39 is 0 Å². The van der Waals surface area contributed by atoms with Crippen LogP contribution in [0.3, 0.4) is 0 Å². The normalized spacial score (nSPS) is 13.0. The first kappa shape index (κ1) is 14.6. The Morgan fingerprint density at radius 2 is 1.96 bits per heavy atom. The first-order valence-corrected chi connectivity index (χ1v) is 7.73. The SMILES string of the molecule is Cc1ccc2onc(CC(=O)Nc3ccc4c(c3)OCCO4)c2c1. The zero-order chi connectivity index (χ0) is 16.5. The highest BCUT2D eigenvalue weighted by atomic mass is 16.6. The van der Waals surface area contributed by atoms with Gasteiger partial charge in [-0.05, 0) is 31.2 Å². The number of benzene rings is 2. The number of ether oxygens (including phenoxy) is 2. The Morgan fingerprint density at radius 3 is 2.83 bits per heavy atom. The van der Waals surface area contributed by atoms with Crippen LogP contribution in [0.1, 0.15) is 11.3 Å². The zero-order valence-electron chi connectivity index (χ0n) is 13.2. The van der Waals surface area contributed by atoms with Crippen molar-refractivity contribution in [2.24, 2.45) is 0 Å². The monoisotopic (exact) mass is 324 g/mol. The molecule has 4 rings (SSSR count). The number of carbonyl (C=O) groups is 1. The van der Waals surface area contributed by atoms with Gasteiger partial charge in [0.1, 0.15) is 18.9 Å². The molecule has 0 unspecified atom stereocenters. The van der Waals surface area contributed by atoms with E-state index in [0.717, 1.165) is 10.9 Å². The minimum atomic E-state index is -0.164. The van der Waals surface area contributed by atoms with E-state index >= 15 is 0 Å². The Hall–Kier alpha value is -3.02. The fourth-order valence-electron chi connectivity index (χ4n) is 2.71. The number of amides is 1. The maximum absolute atomic E-state index is 12.3. The standard InChI is InChI=1S/C18H16N2O4/c1-11-2-4-15-13(8-11)14(20-24-15)10-18(21)19-12-3-5-16-17(9-12)23-7-6-22-16/h2-5,8-9H,6-7,10H2,1H3,(H,19,21). The van der Waals surface area contributed by atoms with Crippen LogP contribution < -0.4 is 14.8 Å². The maximum Gasteiger partial charge on any atom is 0.230 e. The molecule has 1 N–H and O–H groups in total. The van der Waals surface area contributed by atoms with Gasteiger partial charge in [0.2, 0.25) is 5.91 Å². The van der Waals surface area contributed by atoms with Crippen LogP contribution in [0.5, 0.6) is 11.5 Å². The van der Waals surface area contributed by atoms with Crippen molar-refractivity contribution >= 4 is 22.6 Å². The van der Waals surface area contributed by atoms with Gasteiger partial charge in [-0.1, -0.05) is 16.8 Å². The number of aromatic nitrogens is 1. The third kappa shape index (κ3) is 2.78. The summed E-state index contributed by atoms with van der Waals surface area (Å²) in [6, 6.07) is 11.1. The lowest BCUT2D eigenvalue weighted by atomic mass is 10.1. The highest BCUT2D eigenvalue weighted by molar-refractivity contribution is 5.95. The Bertz CT molecular complexity index is 917. The van der Waals surface area contributed by atoms with E-state index in [1.807, 2.05) is 25.1 Å². The molecular weight excluding hydrogens is 308 g/mol. The molecular formula is C18H16N2O4. The number of fused-ring (bicyclic) bond motifs is 2. The molecule has 0 spiro atoms. The van der Waals surface area contributed by atoms with Gasteiger partial charge in [0.05, 0.1) is 6.42 Å². The number of nitrogens with zero attached hydrogens (tertiary/aromatic N) is 1. The van der Waals surface area contributed by atoms with E-state index in [0.29, 0.717) is 41.7 Å². The Balaban J connectivity index is 1.51. The first-order valence-electron chi connectivity index (χ1n) is 7.73. The second-order valence-electron chi connectivity index (χ2n) is 5.71. The lowest BCUT2D eigenvalue weighted by molar-refractivity contribution is -0.115. The molecule has 6 nitrogen and oxygen atoms in total. The van der Waals surface area contributed by atoms with Crippen molar-refractivity contribution in [2.75, 3.05) is 18.5 Å². The molecule has 0 saturated carbocycles. The van der Waals surface area contributed by atoms with Crippen LogP contribution in [0.25, 0.3) is 11.0 Å². The van der Waals surface area contributed by atoms with Crippen molar-refractivity contribution in [1.29, 1.82) is 0 Å². The molecule has 24 heavy (non-hydrogen) atoms. The highest BCUT2D eigenvalue weighted by Crippen LogP contribution is 2.32. The average Bonchev–Trinajstić information content (AvgIpc) is 2.97. The number of aryl methyl sites for hydroxylation is 1. The van der Waals surface area contributed by atoms with Crippen molar-refractivity contribution in [3.8, 4) is 11.5 Å². The lowest BCUT2D eigenvalue weighted by Crippen LogP contribution is -2.17. The number of carbonyl (C=O) groups excluding carboxylic acids is 1. The first-order chi connectivity index (χ1) is 11.7. The van der Waals surface area contributed by atoms with Gasteiger partial charge in [-0.3, -0.25) is 4.79 Å². The molecule has 2 heterocycles. The topological polar surface area (TPSA) is 73.6 Å². The number of hydrogen-bond donors (Lipinski definition) is 1. The molecule has 0 radical (unpaired) electrons. The summed E-state index contributed by atoms with van der Waals surface area (Å²) in [4.78, 5) is 12.3. The molecule has 0 fully saturated rings. The van der Waals surface area contributed by atoms with Crippen LogP contribution in [-0.2, 0) is 11.2 Å². The van der Waals surface area contributed by atoms with Crippen LogP contribution in [0.4, 0.5) is 5.69 Å². The summed E-state index contributed by atoms with van der Waals surface area (Å²) in [6.07, 6.45) is 0.144. The van der Waals surface area contributed by atoms with E-state index in [1.54, 1.807) is 18.2 Å². The second-order valence-corrected chi connectivity index (χ2v) is 5.71. The molecule has 0 atom stereocenters. The van der Waals surface area contributed by atoms with Crippen LogP contribution in [0.2, 0.25) is 0 Å². The smallest absolute Gasteiger partial charge is 0.230 e. The van der Waals surface area contributed by atoms with Crippen molar-refractivity contribution in [3.63, 3.8) is 0 Å². The molecule has 6 heteroatoms. The summed E-state index contributed by atoms with van der Waals surface area (Å²) in [6.45, 7) is 3.04. The summed E-state index contributed by atoms with van der Waals surface area (Å²) in [5.74, 6) is 1.17. The van der Waals surface area contributed by atoms with Gasteiger partial charge in [0, 0.05) is 17.1 Å².